The largest absolute Gasteiger partial charge is 0.481 e. The predicted octanol–water partition coefficient (Wildman–Crippen LogP) is 2.72. The van der Waals surface area contributed by atoms with Crippen molar-refractivity contribution in [3.63, 3.8) is 0 Å². The minimum atomic E-state index is -0.704. The number of hydrogen-bond acceptors (Lipinski definition) is 5. The molecular formula is C20H29N3O4. The van der Waals surface area contributed by atoms with E-state index in [1.807, 2.05) is 26.8 Å². The minimum Gasteiger partial charge on any atom is -0.481 e. The lowest BCUT2D eigenvalue weighted by atomic mass is 10.00. The molecule has 0 atom stereocenters. The number of aryl methyl sites for hydroxylation is 2. The molecule has 0 aromatic carbocycles. The first-order valence-electron chi connectivity index (χ1n) is 9.67. The van der Waals surface area contributed by atoms with Gasteiger partial charge in [-0.25, -0.2) is 9.78 Å². The second-order valence-electron chi connectivity index (χ2n) is 8.42. The highest BCUT2D eigenvalue weighted by molar-refractivity contribution is 5.88. The summed E-state index contributed by atoms with van der Waals surface area (Å²) >= 11 is 0. The van der Waals surface area contributed by atoms with Crippen LogP contribution in [-0.2, 0) is 22.4 Å². The van der Waals surface area contributed by atoms with Gasteiger partial charge in [0, 0.05) is 25.3 Å². The molecule has 7 heteroatoms. The molecule has 1 N–H and O–H groups in total. The first-order chi connectivity index (χ1) is 12.7. The van der Waals surface area contributed by atoms with Crippen LogP contribution in [0.1, 0.15) is 44.9 Å². The summed E-state index contributed by atoms with van der Waals surface area (Å²) in [5.74, 6) is -0.193. The molecule has 2 aliphatic heterocycles. The van der Waals surface area contributed by atoms with Gasteiger partial charge in [-0.3, -0.25) is 9.69 Å². The fourth-order valence-corrected chi connectivity index (χ4v) is 3.51. The molecule has 27 heavy (non-hydrogen) atoms. The molecule has 0 spiro atoms. The second kappa shape index (κ2) is 7.84. The van der Waals surface area contributed by atoms with Crippen molar-refractivity contribution in [1.29, 1.82) is 0 Å². The molecule has 3 heterocycles. The fourth-order valence-electron chi connectivity index (χ4n) is 3.51. The molecule has 1 amide bonds. The lowest BCUT2D eigenvalue weighted by Crippen LogP contribution is -2.50. The first-order valence-corrected chi connectivity index (χ1v) is 9.67. The van der Waals surface area contributed by atoms with E-state index < -0.39 is 11.6 Å². The van der Waals surface area contributed by atoms with Crippen LogP contribution in [0.2, 0.25) is 0 Å². The zero-order valence-electron chi connectivity index (χ0n) is 16.4. The number of fused-ring (bicyclic) bond motifs is 1. The fraction of sp³-hybridized carbons (Fsp3) is 0.650. The first kappa shape index (κ1) is 19.6. The van der Waals surface area contributed by atoms with Gasteiger partial charge in [-0.15, -0.1) is 0 Å². The maximum absolute atomic E-state index is 12.5. The van der Waals surface area contributed by atoms with Crippen LogP contribution in [0.5, 0.6) is 0 Å². The molecule has 0 aliphatic carbocycles. The summed E-state index contributed by atoms with van der Waals surface area (Å²) in [5.41, 5.74) is 1.51. The molecule has 1 aromatic rings. The lowest BCUT2D eigenvalue weighted by molar-refractivity contribution is -0.147. The summed E-state index contributed by atoms with van der Waals surface area (Å²) in [5, 5.41) is 8.93. The van der Waals surface area contributed by atoms with Crippen molar-refractivity contribution in [2.45, 2.75) is 52.1 Å². The molecule has 1 aromatic heterocycles. The Bertz CT molecular complexity index is 708. The van der Waals surface area contributed by atoms with E-state index in [-0.39, 0.29) is 12.0 Å². The van der Waals surface area contributed by atoms with Crippen LogP contribution < -0.4 is 4.90 Å². The van der Waals surface area contributed by atoms with E-state index in [1.54, 1.807) is 4.90 Å². The van der Waals surface area contributed by atoms with Crippen LogP contribution in [0.4, 0.5) is 10.6 Å². The van der Waals surface area contributed by atoms with Crippen molar-refractivity contribution in [2.24, 2.45) is 5.92 Å². The van der Waals surface area contributed by atoms with E-state index in [2.05, 4.69) is 11.0 Å². The van der Waals surface area contributed by atoms with Gasteiger partial charge in [-0.1, -0.05) is 6.07 Å². The van der Waals surface area contributed by atoms with E-state index in [1.165, 1.54) is 0 Å². The van der Waals surface area contributed by atoms with Crippen LogP contribution in [-0.4, -0.2) is 58.8 Å². The lowest BCUT2D eigenvalue weighted by Gasteiger charge is -2.36. The van der Waals surface area contributed by atoms with E-state index in [4.69, 9.17) is 14.8 Å². The number of aliphatic carboxylic acids is 1. The maximum Gasteiger partial charge on any atom is 0.416 e. The highest BCUT2D eigenvalue weighted by Crippen LogP contribution is 2.27. The summed E-state index contributed by atoms with van der Waals surface area (Å²) in [7, 11) is 0. The van der Waals surface area contributed by atoms with Gasteiger partial charge < -0.3 is 14.7 Å². The Morgan fingerprint density at radius 2 is 2.04 bits per heavy atom. The van der Waals surface area contributed by atoms with Crippen LogP contribution in [0.3, 0.4) is 0 Å². The normalized spacial score (nSPS) is 18.0. The number of nitrogens with zero attached hydrogens (tertiary/aromatic N) is 3. The maximum atomic E-state index is 12.5. The van der Waals surface area contributed by atoms with Gasteiger partial charge >= 0.3 is 12.1 Å². The third-order valence-electron chi connectivity index (χ3n) is 4.92. The summed E-state index contributed by atoms with van der Waals surface area (Å²) in [6.45, 7) is 8.37. The Kier molecular flexibility index (Phi) is 5.69. The van der Waals surface area contributed by atoms with Crippen molar-refractivity contribution in [3.8, 4) is 0 Å². The number of carboxylic acids is 1. The van der Waals surface area contributed by atoms with Gasteiger partial charge in [0.25, 0.3) is 0 Å². The van der Waals surface area contributed by atoms with Gasteiger partial charge in [-0.05, 0) is 64.6 Å². The number of carbonyl (C=O) groups is 2. The second-order valence-corrected chi connectivity index (χ2v) is 8.42. The standard InChI is InChI=1S/C20H29N3O4/c1-20(2,3)27-19(26)23-11-4-6-14-8-9-16(21-17(14)23)7-5-10-22-12-15(13-22)18(24)25/h8-9,15H,4-7,10-13H2,1-3H3,(H,24,25). The van der Waals surface area contributed by atoms with Gasteiger partial charge in [0.05, 0.1) is 5.92 Å². The molecule has 1 saturated heterocycles. The molecular weight excluding hydrogens is 346 g/mol. The number of likely N-dealkylation sites (tertiary alicyclic amines) is 1. The van der Waals surface area contributed by atoms with Gasteiger partial charge in [0.15, 0.2) is 0 Å². The van der Waals surface area contributed by atoms with Crippen molar-refractivity contribution in [1.82, 2.24) is 9.88 Å². The molecule has 148 valence electrons. The number of carboxylic acid groups (broad SMARTS) is 1. The summed E-state index contributed by atoms with van der Waals surface area (Å²) in [6, 6.07) is 4.10. The number of hydrogen-bond donors (Lipinski definition) is 1. The number of carbonyl (C=O) groups excluding carboxylic acids is 1. The average Bonchev–Trinajstić information content (AvgIpc) is 2.54. The number of rotatable bonds is 5. The topological polar surface area (TPSA) is 83.0 Å². The monoisotopic (exact) mass is 375 g/mol. The third kappa shape index (κ3) is 4.97. The number of amides is 1. The number of anilines is 1. The van der Waals surface area contributed by atoms with Gasteiger partial charge in [-0.2, -0.15) is 0 Å². The molecule has 7 nitrogen and oxygen atoms in total. The molecule has 3 rings (SSSR count). The summed E-state index contributed by atoms with van der Waals surface area (Å²) < 4.78 is 5.53. The van der Waals surface area contributed by atoms with Crippen LogP contribution in [0.25, 0.3) is 0 Å². The van der Waals surface area contributed by atoms with Crippen molar-refractivity contribution in [3.05, 3.63) is 23.4 Å². The van der Waals surface area contributed by atoms with E-state index >= 15 is 0 Å². The van der Waals surface area contributed by atoms with Crippen molar-refractivity contribution in [2.75, 3.05) is 31.1 Å². The van der Waals surface area contributed by atoms with Crippen LogP contribution >= 0.6 is 0 Å². The SMILES string of the molecule is CC(C)(C)OC(=O)N1CCCc2ccc(CCCN3CC(C(=O)O)C3)nc21. The van der Waals surface area contributed by atoms with Crippen LogP contribution in [0, 0.1) is 5.92 Å². The predicted molar refractivity (Wildman–Crippen MR) is 102 cm³/mol. The van der Waals surface area contributed by atoms with E-state index in [9.17, 15) is 9.59 Å². The number of ether oxygens (including phenoxy) is 1. The summed E-state index contributed by atoms with van der Waals surface area (Å²) in [6.07, 6.45) is 3.22. The van der Waals surface area contributed by atoms with Gasteiger partial charge in [0.1, 0.15) is 11.4 Å². The Balaban J connectivity index is 1.58. The Labute approximate surface area is 160 Å². The highest BCUT2D eigenvalue weighted by atomic mass is 16.6. The molecule has 0 radical (unpaired) electrons. The van der Waals surface area contributed by atoms with E-state index in [0.29, 0.717) is 19.6 Å². The smallest absolute Gasteiger partial charge is 0.416 e. The highest BCUT2D eigenvalue weighted by Gasteiger charge is 2.32. The van der Waals surface area contributed by atoms with Crippen LogP contribution in [0.15, 0.2) is 12.1 Å². The number of pyridine rings is 1. The Morgan fingerprint density at radius 1 is 1.30 bits per heavy atom. The number of aromatic nitrogens is 1. The van der Waals surface area contributed by atoms with Crippen molar-refractivity contribution >= 4 is 17.9 Å². The quantitative estimate of drug-likeness (QED) is 0.852. The van der Waals surface area contributed by atoms with Crippen molar-refractivity contribution < 1.29 is 19.4 Å². The molecule has 0 bridgehead atoms. The third-order valence-corrected chi connectivity index (χ3v) is 4.92. The zero-order chi connectivity index (χ0) is 19.6. The minimum absolute atomic E-state index is 0.214. The van der Waals surface area contributed by atoms with Gasteiger partial charge in [0.2, 0.25) is 0 Å². The Hall–Kier alpha value is -2.15. The molecule has 0 saturated carbocycles. The van der Waals surface area contributed by atoms with E-state index in [0.717, 1.165) is 49.3 Å². The summed E-state index contributed by atoms with van der Waals surface area (Å²) in [4.78, 5) is 31.9. The molecule has 1 fully saturated rings. The molecule has 0 unspecified atom stereocenters. The Morgan fingerprint density at radius 3 is 2.70 bits per heavy atom. The molecule has 2 aliphatic rings. The average molecular weight is 375 g/mol. The zero-order valence-corrected chi connectivity index (χ0v) is 16.4.